The second-order valence-electron chi connectivity index (χ2n) is 6.23. The third kappa shape index (κ3) is 3.47. The van der Waals surface area contributed by atoms with E-state index in [9.17, 15) is 0 Å². The van der Waals surface area contributed by atoms with Crippen LogP contribution in [-0.2, 0) is 6.54 Å². The summed E-state index contributed by atoms with van der Waals surface area (Å²) < 4.78 is 0. The van der Waals surface area contributed by atoms with Gasteiger partial charge in [-0.3, -0.25) is 9.80 Å². The van der Waals surface area contributed by atoms with Gasteiger partial charge in [-0.15, -0.1) is 0 Å². The van der Waals surface area contributed by atoms with Crippen molar-refractivity contribution in [2.75, 3.05) is 26.7 Å². The van der Waals surface area contributed by atoms with E-state index in [1.165, 1.54) is 37.9 Å². The molecule has 0 saturated carbocycles. The minimum Gasteiger partial charge on any atom is -0.384 e. The zero-order chi connectivity index (χ0) is 14.7. The van der Waals surface area contributed by atoms with Crippen LogP contribution in [-0.4, -0.2) is 53.7 Å². The number of likely N-dealkylation sites (N-methyl/N-ethyl adjacent to an activating group) is 1. The molecule has 2 aliphatic heterocycles. The van der Waals surface area contributed by atoms with Crippen LogP contribution in [0.25, 0.3) is 0 Å². The quantitative estimate of drug-likeness (QED) is 0.837. The van der Waals surface area contributed by atoms with Crippen LogP contribution in [0.5, 0.6) is 0 Å². The number of aliphatic hydroxyl groups is 1. The van der Waals surface area contributed by atoms with E-state index < -0.39 is 0 Å². The van der Waals surface area contributed by atoms with E-state index in [-0.39, 0.29) is 6.61 Å². The minimum atomic E-state index is -0.0776. The molecule has 3 nitrogen and oxygen atoms in total. The molecule has 3 heteroatoms. The van der Waals surface area contributed by atoms with Gasteiger partial charge in [0.2, 0.25) is 0 Å². The van der Waals surface area contributed by atoms with E-state index in [1.807, 2.05) is 6.07 Å². The molecular formula is C18H24N2O. The van der Waals surface area contributed by atoms with E-state index in [0.717, 1.165) is 24.2 Å². The van der Waals surface area contributed by atoms with Crippen molar-refractivity contribution < 1.29 is 5.11 Å². The SMILES string of the molecule is CN1C2CCC1CN(Cc1cccc(C#CCO)c1)CC2. The predicted molar refractivity (Wildman–Crippen MR) is 84.9 cm³/mol. The first kappa shape index (κ1) is 14.6. The van der Waals surface area contributed by atoms with Crippen LogP contribution >= 0.6 is 0 Å². The predicted octanol–water partition coefficient (Wildman–Crippen LogP) is 1.70. The van der Waals surface area contributed by atoms with Crippen molar-refractivity contribution in [3.05, 3.63) is 35.4 Å². The average molecular weight is 284 g/mol. The fraction of sp³-hybridized carbons (Fsp3) is 0.556. The van der Waals surface area contributed by atoms with Crippen molar-refractivity contribution in [3.63, 3.8) is 0 Å². The van der Waals surface area contributed by atoms with Crippen molar-refractivity contribution >= 4 is 0 Å². The Bertz CT molecular complexity index is 546. The van der Waals surface area contributed by atoms with E-state index in [2.05, 4.69) is 46.9 Å². The zero-order valence-corrected chi connectivity index (χ0v) is 12.8. The molecule has 21 heavy (non-hydrogen) atoms. The van der Waals surface area contributed by atoms with Crippen LogP contribution in [0.3, 0.4) is 0 Å². The molecule has 1 N–H and O–H groups in total. The van der Waals surface area contributed by atoms with Crippen LogP contribution in [0.15, 0.2) is 24.3 Å². The summed E-state index contributed by atoms with van der Waals surface area (Å²) in [4.78, 5) is 5.17. The van der Waals surface area contributed by atoms with Crippen molar-refractivity contribution in [2.45, 2.75) is 37.9 Å². The number of aliphatic hydroxyl groups excluding tert-OH is 1. The molecule has 3 rings (SSSR count). The van der Waals surface area contributed by atoms with Gasteiger partial charge in [0, 0.05) is 37.3 Å². The molecule has 0 aliphatic carbocycles. The lowest BCUT2D eigenvalue weighted by molar-refractivity contribution is 0.214. The Kier molecular flexibility index (Phi) is 4.60. The molecule has 112 valence electrons. The van der Waals surface area contributed by atoms with Gasteiger partial charge in [0.05, 0.1) is 0 Å². The molecular weight excluding hydrogens is 260 g/mol. The monoisotopic (exact) mass is 284 g/mol. The second-order valence-corrected chi connectivity index (χ2v) is 6.23. The molecule has 0 spiro atoms. The number of rotatable bonds is 2. The Balaban J connectivity index is 1.66. The van der Waals surface area contributed by atoms with E-state index in [4.69, 9.17) is 5.11 Å². The largest absolute Gasteiger partial charge is 0.384 e. The number of benzene rings is 1. The van der Waals surface area contributed by atoms with E-state index in [1.54, 1.807) is 0 Å². The highest BCUT2D eigenvalue weighted by Gasteiger charge is 2.34. The Morgan fingerprint density at radius 2 is 2.10 bits per heavy atom. The molecule has 2 fully saturated rings. The van der Waals surface area contributed by atoms with Crippen molar-refractivity contribution in [1.82, 2.24) is 9.80 Å². The highest BCUT2D eigenvalue weighted by atomic mass is 16.2. The second kappa shape index (κ2) is 6.62. The van der Waals surface area contributed by atoms with Gasteiger partial charge < -0.3 is 5.11 Å². The summed E-state index contributed by atoms with van der Waals surface area (Å²) in [6.45, 7) is 3.30. The smallest absolute Gasteiger partial charge is 0.104 e. The topological polar surface area (TPSA) is 26.7 Å². The Hall–Kier alpha value is -1.34. The van der Waals surface area contributed by atoms with Crippen LogP contribution < -0.4 is 0 Å². The van der Waals surface area contributed by atoms with E-state index >= 15 is 0 Å². The highest BCUT2D eigenvalue weighted by molar-refractivity contribution is 5.37. The third-order valence-electron chi connectivity index (χ3n) is 4.88. The van der Waals surface area contributed by atoms with Crippen LogP contribution in [0, 0.1) is 11.8 Å². The van der Waals surface area contributed by atoms with Gasteiger partial charge in [-0.25, -0.2) is 0 Å². The number of nitrogens with zero attached hydrogens (tertiary/aromatic N) is 2. The first-order chi connectivity index (χ1) is 10.3. The van der Waals surface area contributed by atoms with Crippen molar-refractivity contribution in [2.24, 2.45) is 0 Å². The fourth-order valence-electron chi connectivity index (χ4n) is 3.67. The van der Waals surface area contributed by atoms with Crippen molar-refractivity contribution in [3.8, 4) is 11.8 Å². The molecule has 0 amide bonds. The number of hydrogen-bond donors (Lipinski definition) is 1. The summed E-state index contributed by atoms with van der Waals surface area (Å²) >= 11 is 0. The molecule has 2 heterocycles. The molecule has 0 aromatic heterocycles. The van der Waals surface area contributed by atoms with Gasteiger partial charge in [0.25, 0.3) is 0 Å². The molecule has 2 unspecified atom stereocenters. The van der Waals surface area contributed by atoms with Gasteiger partial charge in [0.15, 0.2) is 0 Å². The summed E-state index contributed by atoms with van der Waals surface area (Å²) in [6, 6.07) is 9.92. The lowest BCUT2D eigenvalue weighted by Crippen LogP contribution is -2.36. The molecule has 2 atom stereocenters. The van der Waals surface area contributed by atoms with Crippen LogP contribution in [0.2, 0.25) is 0 Å². The summed E-state index contributed by atoms with van der Waals surface area (Å²) in [5.74, 6) is 5.71. The fourth-order valence-corrected chi connectivity index (χ4v) is 3.67. The summed E-state index contributed by atoms with van der Waals surface area (Å²) in [5, 5.41) is 8.79. The number of fused-ring (bicyclic) bond motifs is 2. The van der Waals surface area contributed by atoms with Crippen LogP contribution in [0.4, 0.5) is 0 Å². The van der Waals surface area contributed by atoms with Crippen molar-refractivity contribution in [1.29, 1.82) is 0 Å². The van der Waals surface area contributed by atoms with Gasteiger partial charge in [0.1, 0.15) is 6.61 Å². The maximum Gasteiger partial charge on any atom is 0.104 e. The summed E-state index contributed by atoms with van der Waals surface area (Å²) in [5.41, 5.74) is 2.31. The average Bonchev–Trinajstić information content (AvgIpc) is 2.74. The molecule has 2 aliphatic rings. The van der Waals surface area contributed by atoms with Gasteiger partial charge >= 0.3 is 0 Å². The Morgan fingerprint density at radius 3 is 2.95 bits per heavy atom. The van der Waals surface area contributed by atoms with Gasteiger partial charge in [-0.1, -0.05) is 24.0 Å². The Morgan fingerprint density at radius 1 is 1.24 bits per heavy atom. The minimum absolute atomic E-state index is 0.0776. The highest BCUT2D eigenvalue weighted by Crippen LogP contribution is 2.29. The van der Waals surface area contributed by atoms with Gasteiger partial charge in [-0.05, 0) is 44.0 Å². The maximum absolute atomic E-state index is 8.79. The van der Waals surface area contributed by atoms with E-state index in [0.29, 0.717) is 0 Å². The normalized spacial score (nSPS) is 26.2. The third-order valence-corrected chi connectivity index (χ3v) is 4.88. The van der Waals surface area contributed by atoms with Gasteiger partial charge in [-0.2, -0.15) is 0 Å². The molecule has 2 saturated heterocycles. The first-order valence-electron chi connectivity index (χ1n) is 7.89. The summed E-state index contributed by atoms with van der Waals surface area (Å²) in [7, 11) is 2.29. The lowest BCUT2D eigenvalue weighted by Gasteiger charge is -2.25. The lowest BCUT2D eigenvalue weighted by atomic mass is 10.1. The molecule has 1 aromatic rings. The molecule has 0 radical (unpaired) electrons. The summed E-state index contributed by atoms with van der Waals surface area (Å²) in [6.07, 6.45) is 4.01. The number of hydrogen-bond acceptors (Lipinski definition) is 3. The number of likely N-dealkylation sites (tertiary alicyclic amines) is 1. The molecule has 2 bridgehead atoms. The maximum atomic E-state index is 8.79. The molecule has 1 aromatic carbocycles. The zero-order valence-electron chi connectivity index (χ0n) is 12.8. The first-order valence-corrected chi connectivity index (χ1v) is 7.89. The Labute approximate surface area is 127 Å². The van der Waals surface area contributed by atoms with Crippen LogP contribution in [0.1, 0.15) is 30.4 Å². The standard InChI is InChI=1S/C18H24N2O/c1-19-17-7-8-18(19)14-20(10-9-17)13-16-5-2-4-15(12-16)6-3-11-21/h2,4-5,12,17-18,21H,7-11,13-14H2,1H3.